The number of rotatable bonds is 3. The van der Waals surface area contributed by atoms with Crippen LogP contribution in [0.2, 0.25) is 0 Å². The van der Waals surface area contributed by atoms with Gasteiger partial charge in [-0.05, 0) is 52.3 Å². The first kappa shape index (κ1) is 17.2. The molecule has 0 N–H and O–H groups in total. The highest BCUT2D eigenvalue weighted by Gasteiger charge is 2.18. The third kappa shape index (κ3) is 3.64. The molecule has 5 nitrogen and oxygen atoms in total. The van der Waals surface area contributed by atoms with Crippen molar-refractivity contribution < 1.29 is 4.39 Å². The topological polar surface area (TPSA) is 40.9 Å². The summed E-state index contributed by atoms with van der Waals surface area (Å²) in [5.41, 5.74) is 2.41. The molecule has 4 rings (SSSR count). The van der Waals surface area contributed by atoms with Crippen LogP contribution in [0.5, 0.6) is 0 Å². The second kappa shape index (κ2) is 7.17. The van der Waals surface area contributed by atoms with E-state index >= 15 is 0 Å². The van der Waals surface area contributed by atoms with Gasteiger partial charge in [-0.25, -0.2) is 9.37 Å². The van der Waals surface area contributed by atoms with Gasteiger partial charge >= 0.3 is 0 Å². The molecular formula is C19H18BrFN4O. The molecular weight excluding hydrogens is 399 g/mol. The highest BCUT2D eigenvalue weighted by atomic mass is 79.9. The zero-order valence-electron chi connectivity index (χ0n) is 14.1. The number of fused-ring (bicyclic) bond motifs is 1. The van der Waals surface area contributed by atoms with Crippen LogP contribution in [-0.4, -0.2) is 40.5 Å². The number of benzene rings is 1. The summed E-state index contributed by atoms with van der Waals surface area (Å²) in [5, 5.41) is 0. The van der Waals surface area contributed by atoms with E-state index < -0.39 is 0 Å². The van der Waals surface area contributed by atoms with Gasteiger partial charge in [0, 0.05) is 55.1 Å². The Labute approximate surface area is 158 Å². The lowest BCUT2D eigenvalue weighted by Gasteiger charge is -2.35. The monoisotopic (exact) mass is 416 g/mol. The molecule has 1 aromatic carbocycles. The highest BCUT2D eigenvalue weighted by Crippen LogP contribution is 2.17. The molecule has 134 valence electrons. The van der Waals surface area contributed by atoms with Crippen LogP contribution in [0.1, 0.15) is 5.69 Å². The molecule has 0 aliphatic carbocycles. The molecule has 3 heterocycles. The van der Waals surface area contributed by atoms with Crippen molar-refractivity contribution in [1.82, 2.24) is 14.3 Å². The molecule has 3 aromatic rings. The van der Waals surface area contributed by atoms with Crippen LogP contribution in [0.15, 0.2) is 57.9 Å². The maximum absolute atomic E-state index is 13.1. The summed E-state index contributed by atoms with van der Waals surface area (Å²) in [7, 11) is 0. The maximum Gasteiger partial charge on any atom is 0.258 e. The van der Waals surface area contributed by atoms with Crippen molar-refractivity contribution in [3.63, 3.8) is 0 Å². The Morgan fingerprint density at radius 2 is 1.77 bits per heavy atom. The molecule has 1 saturated heterocycles. The van der Waals surface area contributed by atoms with Gasteiger partial charge in [0.1, 0.15) is 11.5 Å². The van der Waals surface area contributed by atoms with Crippen LogP contribution in [0, 0.1) is 5.82 Å². The predicted octanol–water partition coefficient (Wildman–Crippen LogP) is 2.92. The lowest BCUT2D eigenvalue weighted by Crippen LogP contribution is -2.46. The van der Waals surface area contributed by atoms with E-state index in [9.17, 15) is 9.18 Å². The minimum absolute atomic E-state index is 0.0729. The molecule has 1 fully saturated rings. The Morgan fingerprint density at radius 3 is 2.50 bits per heavy atom. The molecule has 0 atom stereocenters. The second-order valence-corrected chi connectivity index (χ2v) is 7.32. The fourth-order valence-electron chi connectivity index (χ4n) is 3.25. The molecule has 1 aliphatic heterocycles. The van der Waals surface area contributed by atoms with E-state index in [2.05, 4.69) is 30.7 Å². The molecule has 0 bridgehead atoms. The van der Waals surface area contributed by atoms with Gasteiger partial charge in [0.25, 0.3) is 5.56 Å². The molecule has 0 radical (unpaired) electrons. The first-order chi connectivity index (χ1) is 12.6. The quantitative estimate of drug-likeness (QED) is 0.657. The lowest BCUT2D eigenvalue weighted by atomic mass is 10.2. The number of pyridine rings is 1. The predicted molar refractivity (Wildman–Crippen MR) is 103 cm³/mol. The summed E-state index contributed by atoms with van der Waals surface area (Å²) in [5.74, 6) is -0.215. The van der Waals surface area contributed by atoms with Gasteiger partial charge in [-0.2, -0.15) is 0 Å². The fourth-order valence-corrected chi connectivity index (χ4v) is 3.59. The average Bonchev–Trinajstić information content (AvgIpc) is 2.64. The van der Waals surface area contributed by atoms with E-state index in [0.29, 0.717) is 12.2 Å². The van der Waals surface area contributed by atoms with Crippen molar-refractivity contribution in [3.8, 4) is 0 Å². The minimum atomic E-state index is -0.215. The zero-order chi connectivity index (χ0) is 18.1. The summed E-state index contributed by atoms with van der Waals surface area (Å²) in [6.07, 6.45) is 1.73. The molecule has 1 aliphatic rings. The van der Waals surface area contributed by atoms with E-state index in [4.69, 9.17) is 0 Å². The van der Waals surface area contributed by atoms with E-state index in [1.807, 2.05) is 24.3 Å². The van der Waals surface area contributed by atoms with Crippen LogP contribution in [-0.2, 0) is 6.54 Å². The van der Waals surface area contributed by atoms with Gasteiger partial charge in [-0.15, -0.1) is 0 Å². The smallest absolute Gasteiger partial charge is 0.258 e. The van der Waals surface area contributed by atoms with Crippen LogP contribution in [0.25, 0.3) is 5.65 Å². The van der Waals surface area contributed by atoms with Crippen molar-refractivity contribution in [1.29, 1.82) is 0 Å². The Kier molecular flexibility index (Phi) is 4.74. The summed E-state index contributed by atoms with van der Waals surface area (Å²) >= 11 is 3.37. The Bertz CT molecular complexity index is 981. The van der Waals surface area contributed by atoms with Crippen LogP contribution in [0.3, 0.4) is 0 Å². The zero-order valence-corrected chi connectivity index (χ0v) is 15.7. The summed E-state index contributed by atoms with van der Waals surface area (Å²) in [4.78, 5) is 21.4. The van der Waals surface area contributed by atoms with Gasteiger partial charge < -0.3 is 4.90 Å². The average molecular weight is 417 g/mol. The van der Waals surface area contributed by atoms with E-state index in [1.165, 1.54) is 12.1 Å². The van der Waals surface area contributed by atoms with Gasteiger partial charge in [-0.1, -0.05) is 0 Å². The number of hydrogen-bond acceptors (Lipinski definition) is 4. The molecule has 0 saturated carbocycles. The van der Waals surface area contributed by atoms with E-state index in [0.717, 1.165) is 42.0 Å². The maximum atomic E-state index is 13.1. The largest absolute Gasteiger partial charge is 0.369 e. The van der Waals surface area contributed by atoms with Gasteiger partial charge in [0.15, 0.2) is 0 Å². The fraction of sp³-hybridized carbons (Fsp3) is 0.263. The lowest BCUT2D eigenvalue weighted by molar-refractivity contribution is 0.247. The van der Waals surface area contributed by atoms with Crippen molar-refractivity contribution >= 4 is 27.3 Å². The van der Waals surface area contributed by atoms with Crippen molar-refractivity contribution in [2.75, 3.05) is 31.1 Å². The molecule has 26 heavy (non-hydrogen) atoms. The highest BCUT2D eigenvalue weighted by molar-refractivity contribution is 9.10. The number of piperazine rings is 1. The third-order valence-electron chi connectivity index (χ3n) is 4.63. The molecule has 7 heteroatoms. The SMILES string of the molecule is O=c1cc(CN2CCN(c3ccc(F)cc3)CC2)nc2ccc(Br)cn12. The van der Waals surface area contributed by atoms with Gasteiger partial charge in [-0.3, -0.25) is 14.1 Å². The Morgan fingerprint density at radius 1 is 1.04 bits per heavy atom. The number of halogens is 2. The number of aromatic nitrogens is 2. The second-order valence-electron chi connectivity index (χ2n) is 6.40. The summed E-state index contributed by atoms with van der Waals surface area (Å²) < 4.78 is 15.4. The summed E-state index contributed by atoms with van der Waals surface area (Å²) in [6, 6.07) is 11.9. The Balaban J connectivity index is 1.44. The molecule has 0 unspecified atom stereocenters. The van der Waals surface area contributed by atoms with Gasteiger partial charge in [0.2, 0.25) is 0 Å². The molecule has 2 aromatic heterocycles. The Hall–Kier alpha value is -2.25. The first-order valence-electron chi connectivity index (χ1n) is 8.49. The van der Waals surface area contributed by atoms with Crippen molar-refractivity contribution in [2.45, 2.75) is 6.54 Å². The number of hydrogen-bond donors (Lipinski definition) is 0. The van der Waals surface area contributed by atoms with Gasteiger partial charge in [0.05, 0.1) is 5.69 Å². The van der Waals surface area contributed by atoms with Crippen molar-refractivity contribution in [2.24, 2.45) is 0 Å². The van der Waals surface area contributed by atoms with Crippen LogP contribution < -0.4 is 10.5 Å². The molecule has 0 amide bonds. The summed E-state index contributed by atoms with van der Waals surface area (Å²) in [6.45, 7) is 4.13. The molecule has 0 spiro atoms. The minimum Gasteiger partial charge on any atom is -0.369 e. The first-order valence-corrected chi connectivity index (χ1v) is 9.28. The van der Waals surface area contributed by atoms with Crippen molar-refractivity contribution in [3.05, 3.63) is 75.0 Å². The standard InChI is InChI=1S/C19H18BrFN4O/c20-14-1-6-18-22-16(11-19(26)25(18)12-14)13-23-7-9-24(10-8-23)17-4-2-15(21)3-5-17/h1-6,11-12H,7-10,13H2. The number of nitrogens with zero attached hydrogens (tertiary/aromatic N) is 4. The number of anilines is 1. The van der Waals surface area contributed by atoms with E-state index in [-0.39, 0.29) is 11.4 Å². The normalized spacial score (nSPS) is 15.5. The van der Waals surface area contributed by atoms with E-state index in [1.54, 1.807) is 16.7 Å². The third-order valence-corrected chi connectivity index (χ3v) is 5.10. The van der Waals surface area contributed by atoms with Crippen LogP contribution in [0.4, 0.5) is 10.1 Å². The van der Waals surface area contributed by atoms with Crippen LogP contribution >= 0.6 is 15.9 Å².